The molecule has 3 aromatic rings. The van der Waals surface area contributed by atoms with Gasteiger partial charge in [0.2, 0.25) is 0 Å². The average Bonchev–Trinajstić information content (AvgIpc) is 2.99. The molecule has 4 rings (SSSR count). The summed E-state index contributed by atoms with van der Waals surface area (Å²) >= 11 is 13.5. The fourth-order valence-electron chi connectivity index (χ4n) is 3.21. The van der Waals surface area contributed by atoms with Gasteiger partial charge in [0.1, 0.15) is 16.4 Å². The van der Waals surface area contributed by atoms with E-state index >= 15 is 0 Å². The Morgan fingerprint density at radius 1 is 0.906 bits per heavy atom. The molecular weight excluding hydrogens is 467 g/mol. The van der Waals surface area contributed by atoms with E-state index in [0.717, 1.165) is 15.4 Å². The van der Waals surface area contributed by atoms with Crippen LogP contribution in [0.5, 0.6) is 5.75 Å². The molecule has 3 aromatic carbocycles. The zero-order chi connectivity index (χ0) is 22.8. The Balaban J connectivity index is 1.79. The van der Waals surface area contributed by atoms with E-state index in [0.29, 0.717) is 21.5 Å². The summed E-state index contributed by atoms with van der Waals surface area (Å²) in [6, 6.07) is 19.4. The van der Waals surface area contributed by atoms with Crippen molar-refractivity contribution in [1.29, 1.82) is 0 Å². The highest BCUT2D eigenvalue weighted by molar-refractivity contribution is 8.04. The van der Waals surface area contributed by atoms with Crippen molar-refractivity contribution in [2.45, 2.75) is 11.8 Å². The summed E-state index contributed by atoms with van der Waals surface area (Å²) < 4.78 is 5.38. The van der Waals surface area contributed by atoms with E-state index < -0.39 is 11.8 Å². The molecular formula is C24H18Cl2N2O3S. The van der Waals surface area contributed by atoms with Crippen molar-refractivity contribution >= 4 is 58.2 Å². The first-order valence-corrected chi connectivity index (χ1v) is 11.2. The maximum absolute atomic E-state index is 13.5. The molecule has 0 aliphatic carbocycles. The minimum absolute atomic E-state index is 0.157. The van der Waals surface area contributed by atoms with Crippen molar-refractivity contribution in [3.05, 3.63) is 92.9 Å². The highest BCUT2D eigenvalue weighted by Crippen LogP contribution is 2.41. The van der Waals surface area contributed by atoms with Crippen molar-refractivity contribution < 1.29 is 14.3 Å². The first kappa shape index (κ1) is 22.3. The minimum Gasteiger partial charge on any atom is -0.495 e. The van der Waals surface area contributed by atoms with E-state index in [4.69, 9.17) is 27.9 Å². The number of imide groups is 1. The van der Waals surface area contributed by atoms with E-state index in [1.807, 2.05) is 31.2 Å². The number of anilines is 2. The van der Waals surface area contributed by atoms with Crippen LogP contribution in [-0.2, 0) is 9.59 Å². The molecule has 0 aromatic heterocycles. The number of carbonyl (C=O) groups excluding carboxylic acids is 2. The van der Waals surface area contributed by atoms with Gasteiger partial charge >= 0.3 is 0 Å². The fourth-order valence-corrected chi connectivity index (χ4v) is 4.49. The van der Waals surface area contributed by atoms with Gasteiger partial charge in [-0.2, -0.15) is 0 Å². The first-order chi connectivity index (χ1) is 15.4. The van der Waals surface area contributed by atoms with Crippen LogP contribution in [0, 0.1) is 6.92 Å². The molecule has 5 nitrogen and oxygen atoms in total. The van der Waals surface area contributed by atoms with Gasteiger partial charge in [-0.15, -0.1) is 0 Å². The normalized spacial score (nSPS) is 13.7. The number of aryl methyl sites for hydroxylation is 1. The molecule has 1 N–H and O–H groups in total. The number of rotatable bonds is 6. The fraction of sp³-hybridized carbons (Fsp3) is 0.0833. The van der Waals surface area contributed by atoms with Gasteiger partial charge in [-0.25, -0.2) is 4.90 Å². The van der Waals surface area contributed by atoms with E-state index in [1.165, 1.54) is 24.9 Å². The monoisotopic (exact) mass is 484 g/mol. The smallest absolute Gasteiger partial charge is 0.283 e. The third-order valence-electron chi connectivity index (χ3n) is 4.76. The summed E-state index contributed by atoms with van der Waals surface area (Å²) in [7, 11) is 1.47. The van der Waals surface area contributed by atoms with E-state index in [-0.39, 0.29) is 16.3 Å². The summed E-state index contributed by atoms with van der Waals surface area (Å²) in [6.45, 7) is 1.98. The predicted octanol–water partition coefficient (Wildman–Crippen LogP) is 6.30. The number of amides is 2. The molecule has 0 radical (unpaired) electrons. The number of ether oxygens (including phenoxy) is 1. The second-order valence-corrected chi connectivity index (χ2v) is 8.97. The molecule has 0 bridgehead atoms. The van der Waals surface area contributed by atoms with Gasteiger partial charge in [0.25, 0.3) is 11.8 Å². The van der Waals surface area contributed by atoms with Gasteiger partial charge in [-0.3, -0.25) is 9.59 Å². The van der Waals surface area contributed by atoms with Crippen molar-refractivity contribution in [2.75, 3.05) is 17.3 Å². The summed E-state index contributed by atoms with van der Waals surface area (Å²) in [5, 5.41) is 3.97. The van der Waals surface area contributed by atoms with Gasteiger partial charge in [0.15, 0.2) is 0 Å². The van der Waals surface area contributed by atoms with Crippen LogP contribution < -0.4 is 15.0 Å². The first-order valence-electron chi connectivity index (χ1n) is 9.61. The van der Waals surface area contributed by atoms with Crippen molar-refractivity contribution in [3.63, 3.8) is 0 Å². The molecule has 0 atom stereocenters. The second-order valence-electron chi connectivity index (χ2n) is 7.02. The van der Waals surface area contributed by atoms with Crippen LogP contribution in [0.15, 0.2) is 82.2 Å². The Hall–Kier alpha value is -2.93. The number of hydrogen-bond acceptors (Lipinski definition) is 5. The molecule has 0 fully saturated rings. The summed E-state index contributed by atoms with van der Waals surface area (Å²) in [6.07, 6.45) is 0. The molecule has 1 heterocycles. The lowest BCUT2D eigenvalue weighted by Gasteiger charge is -2.18. The third kappa shape index (κ3) is 4.48. The van der Waals surface area contributed by atoms with Crippen molar-refractivity contribution in [3.8, 4) is 5.75 Å². The zero-order valence-electron chi connectivity index (χ0n) is 17.2. The summed E-state index contributed by atoms with van der Waals surface area (Å²) in [5.74, 6) is -0.615. The van der Waals surface area contributed by atoms with E-state index in [2.05, 4.69) is 5.32 Å². The van der Waals surface area contributed by atoms with Gasteiger partial charge in [-0.05, 0) is 55.5 Å². The molecule has 8 heteroatoms. The molecule has 0 saturated heterocycles. The van der Waals surface area contributed by atoms with E-state index in [1.54, 1.807) is 36.4 Å². The van der Waals surface area contributed by atoms with Crippen LogP contribution in [0.25, 0.3) is 0 Å². The second kappa shape index (κ2) is 9.28. The van der Waals surface area contributed by atoms with Gasteiger partial charge in [0, 0.05) is 20.6 Å². The van der Waals surface area contributed by atoms with Crippen LogP contribution >= 0.6 is 35.0 Å². The van der Waals surface area contributed by atoms with Crippen molar-refractivity contribution in [1.82, 2.24) is 0 Å². The largest absolute Gasteiger partial charge is 0.495 e. The molecule has 0 unspecified atom stereocenters. The molecule has 2 amide bonds. The van der Waals surface area contributed by atoms with E-state index in [9.17, 15) is 9.59 Å². The number of carbonyl (C=O) groups is 2. The lowest BCUT2D eigenvalue weighted by atomic mass is 10.2. The van der Waals surface area contributed by atoms with Gasteiger partial charge in [-0.1, -0.05) is 58.7 Å². The number of nitrogens with one attached hydrogen (secondary N) is 1. The molecule has 32 heavy (non-hydrogen) atoms. The Labute approximate surface area is 200 Å². The summed E-state index contributed by atoms with van der Waals surface area (Å²) in [5.41, 5.74) is 2.13. The maximum Gasteiger partial charge on any atom is 0.283 e. The lowest BCUT2D eigenvalue weighted by Crippen LogP contribution is -2.32. The third-order valence-corrected chi connectivity index (χ3v) is 6.32. The quantitative estimate of drug-likeness (QED) is 0.416. The number of halogens is 2. The molecule has 0 saturated carbocycles. The van der Waals surface area contributed by atoms with Crippen LogP contribution in [0.1, 0.15) is 5.56 Å². The van der Waals surface area contributed by atoms with Crippen LogP contribution in [0.2, 0.25) is 10.0 Å². The van der Waals surface area contributed by atoms with Crippen LogP contribution in [-0.4, -0.2) is 18.9 Å². The molecule has 0 spiro atoms. The Morgan fingerprint density at radius 2 is 1.62 bits per heavy atom. The highest BCUT2D eigenvalue weighted by atomic mass is 35.5. The Kier molecular flexibility index (Phi) is 6.46. The summed E-state index contributed by atoms with van der Waals surface area (Å²) in [4.78, 5) is 29.1. The van der Waals surface area contributed by atoms with Crippen LogP contribution in [0.4, 0.5) is 11.4 Å². The standard InChI is InChI=1S/C24H18Cl2N2O3S/c1-14-6-9-18(10-7-14)32-22-21(27-17-5-3-4-15(25)12-17)23(29)28(24(22)30)19-13-16(26)8-11-20(19)31-2/h3-13,27H,1-2H3. The minimum atomic E-state index is -0.509. The predicted molar refractivity (Wildman–Crippen MR) is 130 cm³/mol. The van der Waals surface area contributed by atoms with Crippen LogP contribution in [0.3, 0.4) is 0 Å². The Bertz CT molecular complexity index is 1240. The highest BCUT2D eigenvalue weighted by Gasteiger charge is 2.41. The van der Waals surface area contributed by atoms with Crippen molar-refractivity contribution in [2.24, 2.45) is 0 Å². The number of thioether (sulfide) groups is 1. The number of nitrogens with zero attached hydrogens (tertiary/aromatic N) is 1. The number of methoxy groups -OCH3 is 1. The van der Waals surface area contributed by atoms with Gasteiger partial charge < -0.3 is 10.1 Å². The molecule has 1 aliphatic rings. The number of benzene rings is 3. The SMILES string of the molecule is COc1ccc(Cl)cc1N1C(=O)C(Nc2cccc(Cl)c2)=C(Sc2ccc(C)cc2)C1=O. The Morgan fingerprint density at radius 3 is 2.31 bits per heavy atom. The lowest BCUT2D eigenvalue weighted by molar-refractivity contribution is -0.120. The maximum atomic E-state index is 13.5. The number of hydrogen-bond donors (Lipinski definition) is 1. The average molecular weight is 485 g/mol. The van der Waals surface area contributed by atoms with Gasteiger partial charge in [0.05, 0.1) is 12.8 Å². The topological polar surface area (TPSA) is 58.6 Å². The zero-order valence-corrected chi connectivity index (χ0v) is 19.5. The molecule has 1 aliphatic heterocycles. The molecule has 162 valence electrons.